The largest absolute Gasteiger partial charge is 0.353 e. The highest BCUT2D eigenvalue weighted by molar-refractivity contribution is 7.84. The molecule has 0 spiro atoms. The lowest BCUT2D eigenvalue weighted by atomic mass is 10.4. The molecule has 1 aromatic rings. The molecule has 1 saturated carbocycles. The number of hydrogen-bond donors (Lipinski definition) is 1. The zero-order valence-corrected chi connectivity index (χ0v) is 9.96. The molecule has 0 bridgehead atoms. The molecule has 84 valence electrons. The average Bonchev–Trinajstić information content (AvgIpc) is 2.80. The lowest BCUT2D eigenvalue weighted by Gasteiger charge is -2.15. The number of nitrogens with zero attached hydrogens (tertiary/aromatic N) is 2. The molecule has 0 aliphatic heterocycles. The maximum atomic E-state index is 11.2. The Morgan fingerprint density at radius 1 is 1.73 bits per heavy atom. The van der Waals surface area contributed by atoms with Gasteiger partial charge in [-0.05, 0) is 19.8 Å². The predicted molar refractivity (Wildman–Crippen MR) is 62.5 cm³/mol. The number of anilines is 1. The van der Waals surface area contributed by atoms with Crippen molar-refractivity contribution in [3.63, 3.8) is 0 Å². The van der Waals surface area contributed by atoms with Gasteiger partial charge in [0.15, 0.2) is 0 Å². The fraction of sp³-hybridized carbons (Fsp3) is 0.700. The van der Waals surface area contributed by atoms with E-state index in [2.05, 4.69) is 21.8 Å². The van der Waals surface area contributed by atoms with E-state index in [9.17, 15) is 4.21 Å². The van der Waals surface area contributed by atoms with Crippen molar-refractivity contribution >= 4 is 16.7 Å². The highest BCUT2D eigenvalue weighted by atomic mass is 32.2. The Bertz CT molecular complexity index is 359. The van der Waals surface area contributed by atoms with E-state index in [-0.39, 0.29) is 6.04 Å². The molecule has 2 unspecified atom stereocenters. The van der Waals surface area contributed by atoms with Gasteiger partial charge in [-0.15, -0.1) is 0 Å². The Morgan fingerprint density at radius 3 is 3.07 bits per heavy atom. The molecule has 0 aromatic carbocycles. The maximum Gasteiger partial charge on any atom is 0.203 e. The van der Waals surface area contributed by atoms with Crippen LogP contribution in [0.25, 0.3) is 0 Å². The van der Waals surface area contributed by atoms with Crippen LogP contribution in [0.5, 0.6) is 0 Å². The topological polar surface area (TPSA) is 46.9 Å². The zero-order valence-electron chi connectivity index (χ0n) is 9.14. The Morgan fingerprint density at radius 2 is 2.47 bits per heavy atom. The molecular weight excluding hydrogens is 210 g/mol. The van der Waals surface area contributed by atoms with Crippen LogP contribution < -0.4 is 5.32 Å². The molecule has 0 radical (unpaired) electrons. The first-order chi connectivity index (χ1) is 7.16. The number of imidazole rings is 1. The van der Waals surface area contributed by atoms with Crippen LogP contribution in [0.15, 0.2) is 12.4 Å². The van der Waals surface area contributed by atoms with Crippen LogP contribution >= 0.6 is 0 Å². The fourth-order valence-corrected chi connectivity index (χ4v) is 2.45. The second kappa shape index (κ2) is 4.35. The van der Waals surface area contributed by atoms with Gasteiger partial charge in [-0.2, -0.15) is 0 Å². The third-order valence-corrected chi connectivity index (χ3v) is 3.48. The Balaban J connectivity index is 2.04. The van der Waals surface area contributed by atoms with Gasteiger partial charge in [0.05, 0.1) is 0 Å². The smallest absolute Gasteiger partial charge is 0.203 e. The summed E-state index contributed by atoms with van der Waals surface area (Å²) in [6.07, 6.45) is 7.95. The summed E-state index contributed by atoms with van der Waals surface area (Å²) in [5.41, 5.74) is 0. The first-order valence-electron chi connectivity index (χ1n) is 5.26. The van der Waals surface area contributed by atoms with Gasteiger partial charge in [0.25, 0.3) is 0 Å². The lowest BCUT2D eigenvalue weighted by Crippen LogP contribution is -2.16. The number of hydrogen-bond acceptors (Lipinski definition) is 3. The first kappa shape index (κ1) is 10.7. The summed E-state index contributed by atoms with van der Waals surface area (Å²) in [5.74, 6) is 1.59. The van der Waals surface area contributed by atoms with Crippen molar-refractivity contribution in [1.82, 2.24) is 9.55 Å². The molecule has 1 aliphatic rings. The summed E-state index contributed by atoms with van der Waals surface area (Å²) >= 11 is 0. The summed E-state index contributed by atoms with van der Waals surface area (Å²) in [4.78, 5) is 4.28. The standard InChI is InChI=1S/C10H17N3OS/c1-8(7-15(2)14)13-6-5-11-10(13)12-9-3-4-9/h5-6,8-9H,3-4,7H2,1-2H3,(H,11,12). The van der Waals surface area contributed by atoms with Crippen LogP contribution in [0.1, 0.15) is 25.8 Å². The lowest BCUT2D eigenvalue weighted by molar-refractivity contribution is 0.601. The van der Waals surface area contributed by atoms with Crippen molar-refractivity contribution < 1.29 is 4.21 Å². The van der Waals surface area contributed by atoms with Crippen LogP contribution in [0.2, 0.25) is 0 Å². The van der Waals surface area contributed by atoms with Crippen molar-refractivity contribution in [2.24, 2.45) is 0 Å². The summed E-state index contributed by atoms with van der Waals surface area (Å²) in [7, 11) is -0.762. The van der Waals surface area contributed by atoms with E-state index in [0.717, 1.165) is 5.95 Å². The van der Waals surface area contributed by atoms with Crippen LogP contribution in [-0.4, -0.2) is 31.8 Å². The van der Waals surface area contributed by atoms with Gasteiger partial charge in [0, 0.05) is 47.3 Å². The van der Waals surface area contributed by atoms with E-state index in [1.54, 1.807) is 12.5 Å². The van der Waals surface area contributed by atoms with Crippen LogP contribution in [-0.2, 0) is 10.8 Å². The van der Waals surface area contributed by atoms with Crippen LogP contribution in [0.3, 0.4) is 0 Å². The van der Waals surface area contributed by atoms with Crippen molar-refractivity contribution in [2.45, 2.75) is 31.8 Å². The van der Waals surface area contributed by atoms with Gasteiger partial charge in [0.2, 0.25) is 5.95 Å². The molecule has 5 heteroatoms. The molecule has 15 heavy (non-hydrogen) atoms. The molecular formula is C10H17N3OS. The second-order valence-corrected chi connectivity index (χ2v) is 5.65. The highest BCUT2D eigenvalue weighted by Crippen LogP contribution is 2.25. The Kier molecular flexibility index (Phi) is 3.09. The summed E-state index contributed by atoms with van der Waals surface area (Å²) in [5, 5.41) is 3.37. The monoisotopic (exact) mass is 227 g/mol. The molecule has 2 rings (SSSR count). The van der Waals surface area contributed by atoms with E-state index >= 15 is 0 Å². The van der Waals surface area contributed by atoms with Gasteiger partial charge >= 0.3 is 0 Å². The summed E-state index contributed by atoms with van der Waals surface area (Å²) < 4.78 is 13.2. The normalized spacial score (nSPS) is 19.9. The van der Waals surface area contributed by atoms with E-state index in [4.69, 9.17) is 0 Å². The summed E-state index contributed by atoms with van der Waals surface area (Å²) in [6, 6.07) is 0.838. The molecule has 1 N–H and O–H groups in total. The second-order valence-electron chi connectivity index (χ2n) is 4.17. The van der Waals surface area contributed by atoms with Crippen LogP contribution in [0.4, 0.5) is 5.95 Å². The Hall–Kier alpha value is -0.840. The minimum absolute atomic E-state index is 0.236. The molecule has 1 aliphatic carbocycles. The highest BCUT2D eigenvalue weighted by Gasteiger charge is 2.23. The van der Waals surface area contributed by atoms with E-state index in [1.807, 2.05) is 6.20 Å². The molecule has 4 nitrogen and oxygen atoms in total. The van der Waals surface area contributed by atoms with Gasteiger partial charge in [-0.25, -0.2) is 4.98 Å². The number of aromatic nitrogens is 2. The van der Waals surface area contributed by atoms with Gasteiger partial charge in [-0.3, -0.25) is 4.21 Å². The fourth-order valence-electron chi connectivity index (χ4n) is 1.61. The third kappa shape index (κ3) is 2.81. The molecule has 1 fully saturated rings. The van der Waals surface area contributed by atoms with Crippen LogP contribution in [0, 0.1) is 0 Å². The molecule has 2 atom stereocenters. The van der Waals surface area contributed by atoms with E-state index in [1.165, 1.54) is 12.8 Å². The van der Waals surface area contributed by atoms with Crippen molar-refractivity contribution in [3.8, 4) is 0 Å². The Labute approximate surface area is 92.5 Å². The number of rotatable bonds is 5. The molecule has 0 amide bonds. The minimum atomic E-state index is -0.762. The average molecular weight is 227 g/mol. The van der Waals surface area contributed by atoms with Gasteiger partial charge in [0.1, 0.15) is 0 Å². The van der Waals surface area contributed by atoms with Gasteiger partial charge < -0.3 is 9.88 Å². The van der Waals surface area contributed by atoms with E-state index in [0.29, 0.717) is 11.8 Å². The van der Waals surface area contributed by atoms with Crippen molar-refractivity contribution in [2.75, 3.05) is 17.3 Å². The summed E-state index contributed by atoms with van der Waals surface area (Å²) in [6.45, 7) is 2.07. The maximum absolute atomic E-state index is 11.2. The minimum Gasteiger partial charge on any atom is -0.353 e. The quantitative estimate of drug-likeness (QED) is 0.827. The third-order valence-electron chi connectivity index (χ3n) is 2.53. The zero-order chi connectivity index (χ0) is 10.8. The number of nitrogens with one attached hydrogen (secondary N) is 1. The van der Waals surface area contributed by atoms with Gasteiger partial charge in [-0.1, -0.05) is 0 Å². The molecule has 0 saturated heterocycles. The first-order valence-corrected chi connectivity index (χ1v) is 6.99. The molecule has 1 heterocycles. The SMILES string of the molecule is CC(CS(C)=O)n1ccnc1NC1CC1. The predicted octanol–water partition coefficient (Wildman–Crippen LogP) is 1.40. The van der Waals surface area contributed by atoms with Crippen molar-refractivity contribution in [1.29, 1.82) is 0 Å². The van der Waals surface area contributed by atoms with Crippen molar-refractivity contribution in [3.05, 3.63) is 12.4 Å². The molecule has 1 aromatic heterocycles. The van der Waals surface area contributed by atoms with E-state index < -0.39 is 10.8 Å².